The molecular weight excluding hydrogens is 190 g/mol. The van der Waals surface area contributed by atoms with Crippen molar-refractivity contribution in [1.82, 2.24) is 4.98 Å². The molecule has 0 amide bonds. The van der Waals surface area contributed by atoms with E-state index in [4.69, 9.17) is 0 Å². The van der Waals surface area contributed by atoms with Gasteiger partial charge in [0.15, 0.2) is 0 Å². The minimum absolute atomic E-state index is 0.153. The van der Waals surface area contributed by atoms with E-state index in [-0.39, 0.29) is 4.90 Å². The maximum absolute atomic E-state index is 11.4. The quantitative estimate of drug-likeness (QED) is 0.598. The normalized spacial score (nSPS) is 18.4. The molecule has 0 bridgehead atoms. The minimum atomic E-state index is -3.51. The number of rotatable bonds is 0. The molecule has 2 heterocycles. The molecule has 0 fully saturated rings. The van der Waals surface area contributed by atoms with Crippen molar-refractivity contribution >= 4 is 22.0 Å². The Morgan fingerprint density at radius 3 is 2.92 bits per heavy atom. The summed E-state index contributed by atoms with van der Waals surface area (Å²) in [6.07, 6.45) is 4.12. The second-order valence-corrected chi connectivity index (χ2v) is 4.25. The Labute approximate surface area is 75.8 Å². The van der Waals surface area contributed by atoms with E-state index in [9.17, 15) is 8.42 Å². The van der Waals surface area contributed by atoms with Gasteiger partial charge in [-0.25, -0.2) is 0 Å². The third-order valence-corrected chi connectivity index (χ3v) is 3.02. The van der Waals surface area contributed by atoms with E-state index in [0.717, 1.165) is 0 Å². The van der Waals surface area contributed by atoms with Crippen LogP contribution in [0, 0.1) is 0 Å². The fraction of sp³-hybridized carbons (Fsp3) is 0.143. The smallest absolute Gasteiger partial charge is 0.287 e. The van der Waals surface area contributed by atoms with Crippen molar-refractivity contribution in [2.45, 2.75) is 4.90 Å². The molecule has 68 valence electrons. The Kier molecular flexibility index (Phi) is 1.59. The van der Waals surface area contributed by atoms with E-state index < -0.39 is 10.0 Å². The zero-order chi connectivity index (χ0) is 9.47. The van der Waals surface area contributed by atoms with E-state index in [1.54, 1.807) is 24.2 Å². The highest BCUT2D eigenvalue weighted by molar-refractivity contribution is 7.90. The van der Waals surface area contributed by atoms with Crippen LogP contribution in [0.2, 0.25) is 0 Å². The van der Waals surface area contributed by atoms with Crippen molar-refractivity contribution in [2.75, 3.05) is 11.9 Å². The molecule has 0 saturated carbocycles. The van der Waals surface area contributed by atoms with Crippen LogP contribution in [0.5, 0.6) is 0 Å². The molecule has 0 radical (unpaired) electrons. The molecule has 0 spiro atoms. The maximum atomic E-state index is 11.4. The molecule has 6 heteroatoms. The molecule has 0 atom stereocenters. The number of nitrogens with zero attached hydrogens (tertiary/aromatic N) is 3. The molecule has 1 aromatic heterocycles. The van der Waals surface area contributed by atoms with Gasteiger partial charge in [0.25, 0.3) is 10.0 Å². The van der Waals surface area contributed by atoms with Gasteiger partial charge in [-0.1, -0.05) is 0 Å². The Morgan fingerprint density at radius 2 is 2.23 bits per heavy atom. The van der Waals surface area contributed by atoms with Crippen LogP contribution >= 0.6 is 0 Å². The van der Waals surface area contributed by atoms with Crippen molar-refractivity contribution in [3.63, 3.8) is 0 Å². The maximum Gasteiger partial charge on any atom is 0.287 e. The first-order valence-electron chi connectivity index (χ1n) is 3.58. The lowest BCUT2D eigenvalue weighted by molar-refractivity contribution is 0.597. The number of aromatic nitrogens is 1. The molecule has 5 nitrogen and oxygen atoms in total. The molecule has 13 heavy (non-hydrogen) atoms. The summed E-state index contributed by atoms with van der Waals surface area (Å²) >= 11 is 0. The first-order valence-corrected chi connectivity index (χ1v) is 5.02. The number of hydrogen-bond donors (Lipinski definition) is 0. The number of pyridine rings is 1. The molecule has 1 aromatic rings. The van der Waals surface area contributed by atoms with Crippen LogP contribution in [0.15, 0.2) is 27.8 Å². The summed E-state index contributed by atoms with van der Waals surface area (Å²) in [6.45, 7) is 0. The van der Waals surface area contributed by atoms with Crippen molar-refractivity contribution < 1.29 is 8.42 Å². The van der Waals surface area contributed by atoms with Crippen LogP contribution in [-0.4, -0.2) is 26.8 Å². The van der Waals surface area contributed by atoms with E-state index >= 15 is 0 Å². The molecule has 0 saturated heterocycles. The molecule has 1 aliphatic rings. The SMILES string of the molecule is CN1C=NS(=O)(=O)c2cnccc21. The first-order chi connectivity index (χ1) is 6.11. The summed E-state index contributed by atoms with van der Waals surface area (Å²) in [7, 11) is -1.78. The molecule has 0 aromatic carbocycles. The minimum Gasteiger partial charge on any atom is -0.334 e. The average Bonchev–Trinajstić information content (AvgIpc) is 2.13. The fourth-order valence-corrected chi connectivity index (χ4v) is 2.16. The summed E-state index contributed by atoms with van der Waals surface area (Å²) in [6, 6.07) is 1.64. The van der Waals surface area contributed by atoms with Crippen LogP contribution in [-0.2, 0) is 10.0 Å². The average molecular weight is 197 g/mol. The van der Waals surface area contributed by atoms with Gasteiger partial charge >= 0.3 is 0 Å². The van der Waals surface area contributed by atoms with Gasteiger partial charge in [-0.15, -0.1) is 4.40 Å². The summed E-state index contributed by atoms with van der Waals surface area (Å²) in [5.74, 6) is 0. The van der Waals surface area contributed by atoms with Gasteiger partial charge in [0, 0.05) is 19.4 Å². The van der Waals surface area contributed by atoms with Crippen molar-refractivity contribution in [3.05, 3.63) is 18.5 Å². The Balaban J connectivity index is 2.76. The molecule has 0 unspecified atom stereocenters. The third-order valence-electron chi connectivity index (χ3n) is 1.78. The fourth-order valence-electron chi connectivity index (χ4n) is 1.11. The Morgan fingerprint density at radius 1 is 1.46 bits per heavy atom. The van der Waals surface area contributed by atoms with Crippen LogP contribution in [0.25, 0.3) is 0 Å². The highest BCUT2D eigenvalue weighted by Crippen LogP contribution is 2.26. The number of anilines is 1. The second kappa shape index (κ2) is 2.53. The van der Waals surface area contributed by atoms with Gasteiger partial charge in [-0.2, -0.15) is 8.42 Å². The van der Waals surface area contributed by atoms with Crippen LogP contribution in [0.3, 0.4) is 0 Å². The van der Waals surface area contributed by atoms with Crippen LogP contribution in [0.1, 0.15) is 0 Å². The Hall–Kier alpha value is -1.43. The molecule has 0 aliphatic carbocycles. The number of fused-ring (bicyclic) bond motifs is 1. The van der Waals surface area contributed by atoms with Crippen LogP contribution in [0.4, 0.5) is 5.69 Å². The lowest BCUT2D eigenvalue weighted by Crippen LogP contribution is -2.22. The van der Waals surface area contributed by atoms with Crippen LogP contribution < -0.4 is 4.90 Å². The molecule has 2 rings (SSSR count). The molecule has 0 N–H and O–H groups in total. The van der Waals surface area contributed by atoms with Crippen molar-refractivity contribution in [3.8, 4) is 0 Å². The largest absolute Gasteiger partial charge is 0.334 e. The summed E-state index contributed by atoms with van der Waals surface area (Å²) < 4.78 is 26.1. The highest BCUT2D eigenvalue weighted by atomic mass is 32.2. The van der Waals surface area contributed by atoms with Gasteiger partial charge in [-0.05, 0) is 6.07 Å². The van der Waals surface area contributed by atoms with Gasteiger partial charge in [-0.3, -0.25) is 4.98 Å². The van der Waals surface area contributed by atoms with Crippen molar-refractivity contribution in [1.29, 1.82) is 0 Å². The van der Waals surface area contributed by atoms with E-state index in [2.05, 4.69) is 9.38 Å². The number of sulfonamides is 1. The summed E-state index contributed by atoms with van der Waals surface area (Å²) in [5, 5.41) is 0. The predicted octanol–water partition coefficient (Wildman–Crippen LogP) is 0.248. The molecular formula is C7H7N3O2S. The van der Waals surface area contributed by atoms with Gasteiger partial charge in [0.05, 0.1) is 5.69 Å². The van der Waals surface area contributed by atoms with Gasteiger partial charge in [0.2, 0.25) is 0 Å². The first kappa shape index (κ1) is 8.18. The lowest BCUT2D eigenvalue weighted by atomic mass is 10.4. The monoisotopic (exact) mass is 197 g/mol. The second-order valence-electron chi connectivity index (χ2n) is 2.65. The number of hydrogen-bond acceptors (Lipinski definition) is 4. The van der Waals surface area contributed by atoms with Crippen molar-refractivity contribution in [2.24, 2.45) is 4.40 Å². The van der Waals surface area contributed by atoms with Gasteiger partial charge in [0.1, 0.15) is 11.2 Å². The summed E-state index contributed by atoms with van der Waals surface area (Å²) in [4.78, 5) is 5.54. The lowest BCUT2D eigenvalue weighted by Gasteiger charge is -2.19. The topological polar surface area (TPSA) is 62.6 Å². The van der Waals surface area contributed by atoms with E-state index in [1.807, 2.05) is 0 Å². The summed E-state index contributed by atoms with van der Waals surface area (Å²) in [5.41, 5.74) is 0.602. The third kappa shape index (κ3) is 1.19. The highest BCUT2D eigenvalue weighted by Gasteiger charge is 2.22. The van der Waals surface area contributed by atoms with Gasteiger partial charge < -0.3 is 4.90 Å². The van der Waals surface area contributed by atoms with E-state index in [1.165, 1.54) is 12.5 Å². The predicted molar refractivity (Wildman–Crippen MR) is 48.3 cm³/mol. The zero-order valence-corrected chi connectivity index (χ0v) is 7.69. The Bertz CT molecular complexity index is 466. The van der Waals surface area contributed by atoms with E-state index in [0.29, 0.717) is 5.69 Å². The zero-order valence-electron chi connectivity index (χ0n) is 6.88. The standard InChI is InChI=1S/C7H7N3O2S/c1-10-5-9-13(11,12)7-4-8-3-2-6(7)10/h2-5H,1H3. The molecule has 1 aliphatic heterocycles.